The zero-order chi connectivity index (χ0) is 13.4. The quantitative estimate of drug-likeness (QED) is 0.737. The Balaban J connectivity index is 2.43. The summed E-state index contributed by atoms with van der Waals surface area (Å²) in [5, 5.41) is 12.2. The van der Waals surface area contributed by atoms with E-state index in [1.807, 2.05) is 6.92 Å². The van der Waals surface area contributed by atoms with Crippen LogP contribution in [0.3, 0.4) is 0 Å². The van der Waals surface area contributed by atoms with E-state index in [1.165, 1.54) is 0 Å². The van der Waals surface area contributed by atoms with Crippen LogP contribution in [0.15, 0.2) is 0 Å². The van der Waals surface area contributed by atoms with Crippen LogP contribution in [-0.4, -0.2) is 24.7 Å². The SMILES string of the molecule is CCOC(=O)C1CCCC(NC(CC)CC#N)C1. The summed E-state index contributed by atoms with van der Waals surface area (Å²) in [7, 11) is 0. The van der Waals surface area contributed by atoms with E-state index < -0.39 is 0 Å². The molecule has 3 unspecified atom stereocenters. The molecule has 0 aromatic heterocycles. The third-order valence-corrected chi connectivity index (χ3v) is 3.60. The van der Waals surface area contributed by atoms with E-state index in [0.717, 1.165) is 32.1 Å². The Morgan fingerprint density at radius 2 is 2.28 bits per heavy atom. The number of nitriles is 1. The van der Waals surface area contributed by atoms with E-state index in [-0.39, 0.29) is 17.9 Å². The maximum absolute atomic E-state index is 11.7. The smallest absolute Gasteiger partial charge is 0.308 e. The lowest BCUT2D eigenvalue weighted by molar-refractivity contribution is -0.149. The van der Waals surface area contributed by atoms with E-state index in [4.69, 9.17) is 10.00 Å². The second-order valence-corrected chi connectivity index (χ2v) is 4.95. The molecule has 0 bridgehead atoms. The molecule has 0 spiro atoms. The van der Waals surface area contributed by atoms with Crippen LogP contribution in [0.25, 0.3) is 0 Å². The van der Waals surface area contributed by atoms with Gasteiger partial charge in [0.05, 0.1) is 25.0 Å². The molecule has 0 radical (unpaired) electrons. The highest BCUT2D eigenvalue weighted by molar-refractivity contribution is 5.72. The minimum Gasteiger partial charge on any atom is -0.466 e. The van der Waals surface area contributed by atoms with Crippen LogP contribution in [0.5, 0.6) is 0 Å². The summed E-state index contributed by atoms with van der Waals surface area (Å²) in [5.41, 5.74) is 0. The number of rotatable bonds is 6. The van der Waals surface area contributed by atoms with Gasteiger partial charge in [-0.3, -0.25) is 4.79 Å². The maximum atomic E-state index is 11.7. The molecule has 0 amide bonds. The first kappa shape index (κ1) is 15.0. The minimum absolute atomic E-state index is 0.0378. The Morgan fingerprint density at radius 3 is 2.89 bits per heavy atom. The van der Waals surface area contributed by atoms with Crippen molar-refractivity contribution in [2.75, 3.05) is 6.61 Å². The second kappa shape index (κ2) is 8.10. The van der Waals surface area contributed by atoms with E-state index in [1.54, 1.807) is 0 Å². The summed E-state index contributed by atoms with van der Waals surface area (Å²) in [4.78, 5) is 11.7. The van der Waals surface area contributed by atoms with Crippen molar-refractivity contribution in [1.29, 1.82) is 5.26 Å². The fourth-order valence-electron chi connectivity index (χ4n) is 2.58. The van der Waals surface area contributed by atoms with Gasteiger partial charge in [-0.2, -0.15) is 5.26 Å². The van der Waals surface area contributed by atoms with Gasteiger partial charge in [0.25, 0.3) is 0 Å². The van der Waals surface area contributed by atoms with Crippen LogP contribution >= 0.6 is 0 Å². The van der Waals surface area contributed by atoms with Crippen LogP contribution in [0, 0.1) is 17.2 Å². The van der Waals surface area contributed by atoms with Crippen molar-refractivity contribution in [1.82, 2.24) is 5.32 Å². The van der Waals surface area contributed by atoms with Gasteiger partial charge < -0.3 is 10.1 Å². The molecular weight excluding hydrogens is 228 g/mol. The monoisotopic (exact) mass is 252 g/mol. The van der Waals surface area contributed by atoms with Gasteiger partial charge in [0.2, 0.25) is 0 Å². The third-order valence-electron chi connectivity index (χ3n) is 3.60. The summed E-state index contributed by atoms with van der Waals surface area (Å²) >= 11 is 0. The normalized spacial score (nSPS) is 25.2. The molecule has 0 aliphatic heterocycles. The van der Waals surface area contributed by atoms with Gasteiger partial charge in [-0.1, -0.05) is 13.3 Å². The lowest BCUT2D eigenvalue weighted by Gasteiger charge is -2.31. The van der Waals surface area contributed by atoms with Gasteiger partial charge in [-0.05, 0) is 32.6 Å². The van der Waals surface area contributed by atoms with Gasteiger partial charge in [0.1, 0.15) is 0 Å². The van der Waals surface area contributed by atoms with Crippen molar-refractivity contribution >= 4 is 5.97 Å². The fraction of sp³-hybridized carbons (Fsp3) is 0.857. The topological polar surface area (TPSA) is 62.1 Å². The van der Waals surface area contributed by atoms with Crippen LogP contribution in [0.1, 0.15) is 52.4 Å². The van der Waals surface area contributed by atoms with Crippen LogP contribution in [0.4, 0.5) is 0 Å². The zero-order valence-electron chi connectivity index (χ0n) is 11.4. The van der Waals surface area contributed by atoms with Gasteiger partial charge >= 0.3 is 5.97 Å². The number of carbonyl (C=O) groups excluding carboxylic acids is 1. The van der Waals surface area contributed by atoms with Crippen molar-refractivity contribution in [2.45, 2.75) is 64.5 Å². The average molecular weight is 252 g/mol. The maximum Gasteiger partial charge on any atom is 0.308 e. The largest absolute Gasteiger partial charge is 0.466 e. The molecule has 1 saturated carbocycles. The molecule has 0 saturated heterocycles. The van der Waals surface area contributed by atoms with Crippen LogP contribution in [0.2, 0.25) is 0 Å². The molecule has 0 heterocycles. The Morgan fingerprint density at radius 1 is 1.50 bits per heavy atom. The molecule has 0 aromatic carbocycles. The predicted octanol–water partition coefficient (Wildman–Crippen LogP) is 2.39. The summed E-state index contributed by atoms with van der Waals surface area (Å²) in [5.74, 6) is -0.0203. The third kappa shape index (κ3) is 4.66. The lowest BCUT2D eigenvalue weighted by Crippen LogP contribution is -2.42. The average Bonchev–Trinajstić information content (AvgIpc) is 2.39. The molecule has 3 atom stereocenters. The fourth-order valence-corrected chi connectivity index (χ4v) is 2.58. The predicted molar refractivity (Wildman–Crippen MR) is 69.8 cm³/mol. The van der Waals surface area contributed by atoms with Crippen molar-refractivity contribution in [3.8, 4) is 6.07 Å². The first-order valence-electron chi connectivity index (χ1n) is 7.00. The summed E-state index contributed by atoms with van der Waals surface area (Å²) < 4.78 is 5.09. The molecule has 1 aliphatic rings. The number of ether oxygens (including phenoxy) is 1. The number of hydrogen-bond acceptors (Lipinski definition) is 4. The molecule has 1 fully saturated rings. The van der Waals surface area contributed by atoms with Crippen molar-refractivity contribution in [3.63, 3.8) is 0 Å². The molecule has 4 nitrogen and oxygen atoms in total. The molecule has 4 heteroatoms. The van der Waals surface area contributed by atoms with E-state index in [0.29, 0.717) is 19.1 Å². The number of carbonyl (C=O) groups is 1. The molecule has 1 N–H and O–H groups in total. The second-order valence-electron chi connectivity index (χ2n) is 4.95. The molecular formula is C14H24N2O2. The van der Waals surface area contributed by atoms with Gasteiger partial charge in [-0.15, -0.1) is 0 Å². The summed E-state index contributed by atoms with van der Waals surface area (Å²) in [6.07, 6.45) is 5.43. The molecule has 0 aromatic rings. The molecule has 1 aliphatic carbocycles. The van der Waals surface area contributed by atoms with Crippen molar-refractivity contribution in [2.24, 2.45) is 5.92 Å². The first-order chi connectivity index (χ1) is 8.71. The highest BCUT2D eigenvalue weighted by atomic mass is 16.5. The first-order valence-corrected chi connectivity index (χ1v) is 7.00. The number of esters is 1. The van der Waals surface area contributed by atoms with Crippen LogP contribution in [-0.2, 0) is 9.53 Å². The Labute approximate surface area is 110 Å². The van der Waals surface area contributed by atoms with Crippen molar-refractivity contribution in [3.05, 3.63) is 0 Å². The van der Waals surface area contributed by atoms with E-state index in [9.17, 15) is 4.79 Å². The standard InChI is InChI=1S/C14H24N2O2/c1-3-12(8-9-15)16-13-7-5-6-11(10-13)14(17)18-4-2/h11-13,16H,3-8,10H2,1-2H3. The van der Waals surface area contributed by atoms with Gasteiger partial charge in [0, 0.05) is 12.1 Å². The highest BCUT2D eigenvalue weighted by Crippen LogP contribution is 2.26. The zero-order valence-corrected chi connectivity index (χ0v) is 11.4. The van der Waals surface area contributed by atoms with Gasteiger partial charge in [-0.25, -0.2) is 0 Å². The molecule has 1 rings (SSSR count). The minimum atomic E-state index is -0.0580. The Hall–Kier alpha value is -1.08. The van der Waals surface area contributed by atoms with E-state index >= 15 is 0 Å². The summed E-state index contributed by atoms with van der Waals surface area (Å²) in [6.45, 7) is 4.39. The number of nitrogens with zero attached hydrogens (tertiary/aromatic N) is 1. The van der Waals surface area contributed by atoms with Crippen molar-refractivity contribution < 1.29 is 9.53 Å². The van der Waals surface area contributed by atoms with E-state index in [2.05, 4.69) is 18.3 Å². The Bertz CT molecular complexity index is 299. The Kier molecular flexibility index (Phi) is 6.74. The van der Waals surface area contributed by atoms with Crippen LogP contribution < -0.4 is 5.32 Å². The molecule has 18 heavy (non-hydrogen) atoms. The summed E-state index contributed by atoms with van der Waals surface area (Å²) in [6, 6.07) is 2.81. The number of hydrogen-bond donors (Lipinski definition) is 1. The number of nitrogens with one attached hydrogen (secondary N) is 1. The molecule has 102 valence electrons. The lowest BCUT2D eigenvalue weighted by atomic mass is 9.85. The van der Waals surface area contributed by atoms with Gasteiger partial charge in [0.15, 0.2) is 0 Å². The highest BCUT2D eigenvalue weighted by Gasteiger charge is 2.28.